The van der Waals surface area contributed by atoms with E-state index in [0.29, 0.717) is 17.3 Å². The molecular formula is C14H18. The summed E-state index contributed by atoms with van der Waals surface area (Å²) in [5, 5.41) is 0. The van der Waals surface area contributed by atoms with Crippen LogP contribution in [-0.4, -0.2) is 0 Å². The van der Waals surface area contributed by atoms with E-state index in [4.69, 9.17) is 0 Å². The summed E-state index contributed by atoms with van der Waals surface area (Å²) in [6.45, 7) is 6.88. The largest absolute Gasteiger partial charge is 0.0767 e. The maximum absolute atomic E-state index is 2.32. The molecule has 0 amide bonds. The van der Waals surface area contributed by atoms with Crippen molar-refractivity contribution in [2.24, 2.45) is 17.3 Å². The molecule has 0 N–H and O–H groups in total. The highest BCUT2D eigenvalue weighted by molar-refractivity contribution is 5.36. The second-order valence-corrected chi connectivity index (χ2v) is 5.13. The monoisotopic (exact) mass is 186 g/mol. The van der Waals surface area contributed by atoms with Crippen molar-refractivity contribution in [3.8, 4) is 0 Å². The van der Waals surface area contributed by atoms with E-state index in [1.165, 1.54) is 0 Å². The normalized spacial score (nSPS) is 26.2. The third kappa shape index (κ3) is 1.61. The van der Waals surface area contributed by atoms with Crippen LogP contribution in [0.15, 0.2) is 48.1 Å². The molecule has 0 fully saturated rings. The quantitative estimate of drug-likeness (QED) is 0.583. The average Bonchev–Trinajstić information content (AvgIpc) is 2.73. The predicted molar refractivity (Wildman–Crippen MR) is 61.9 cm³/mol. The van der Waals surface area contributed by atoms with Gasteiger partial charge in [-0.2, -0.15) is 0 Å². The summed E-state index contributed by atoms with van der Waals surface area (Å²) in [6, 6.07) is 0. The van der Waals surface area contributed by atoms with Crippen LogP contribution in [0.4, 0.5) is 0 Å². The molecule has 14 heavy (non-hydrogen) atoms. The van der Waals surface area contributed by atoms with Crippen LogP contribution in [0.3, 0.4) is 0 Å². The Morgan fingerprint density at radius 2 is 1.57 bits per heavy atom. The lowest BCUT2D eigenvalue weighted by molar-refractivity contribution is 0.436. The highest BCUT2D eigenvalue weighted by Crippen LogP contribution is 2.40. The summed E-state index contributed by atoms with van der Waals surface area (Å²) in [7, 11) is 0. The fourth-order valence-electron chi connectivity index (χ4n) is 2.27. The summed E-state index contributed by atoms with van der Waals surface area (Å²) in [4.78, 5) is 0. The standard InChI is InChI=1S/C14H18/c1-14(2,3)13-10-6-9-12(13)11-7-4-5-8-11/h4-12H,1-3H3. The highest BCUT2D eigenvalue weighted by Gasteiger charge is 2.29. The summed E-state index contributed by atoms with van der Waals surface area (Å²) < 4.78 is 0. The molecule has 0 saturated heterocycles. The van der Waals surface area contributed by atoms with Crippen LogP contribution >= 0.6 is 0 Å². The van der Waals surface area contributed by atoms with Gasteiger partial charge in [0.15, 0.2) is 0 Å². The van der Waals surface area contributed by atoms with Crippen LogP contribution in [0.25, 0.3) is 0 Å². The predicted octanol–water partition coefficient (Wildman–Crippen LogP) is 3.89. The summed E-state index contributed by atoms with van der Waals surface area (Å²) in [5.41, 5.74) is 1.84. The second kappa shape index (κ2) is 3.27. The van der Waals surface area contributed by atoms with Crippen LogP contribution in [-0.2, 0) is 0 Å². The topological polar surface area (TPSA) is 0 Å². The van der Waals surface area contributed by atoms with Crippen LogP contribution < -0.4 is 0 Å². The second-order valence-electron chi connectivity index (χ2n) is 5.13. The molecule has 2 aliphatic carbocycles. The molecular weight excluding hydrogens is 168 g/mol. The molecule has 0 aromatic heterocycles. The van der Waals surface area contributed by atoms with Gasteiger partial charge in [0.25, 0.3) is 0 Å². The Morgan fingerprint density at radius 1 is 0.929 bits per heavy atom. The molecule has 0 bridgehead atoms. The van der Waals surface area contributed by atoms with E-state index < -0.39 is 0 Å². The lowest BCUT2D eigenvalue weighted by atomic mass is 9.76. The molecule has 2 aliphatic rings. The van der Waals surface area contributed by atoms with Gasteiger partial charge in [-0.15, -0.1) is 0 Å². The van der Waals surface area contributed by atoms with E-state index in [9.17, 15) is 0 Å². The van der Waals surface area contributed by atoms with Crippen molar-refractivity contribution < 1.29 is 0 Å². The first-order chi connectivity index (χ1) is 6.59. The van der Waals surface area contributed by atoms with Gasteiger partial charge < -0.3 is 0 Å². The van der Waals surface area contributed by atoms with E-state index in [1.54, 1.807) is 5.57 Å². The molecule has 0 spiro atoms. The van der Waals surface area contributed by atoms with Gasteiger partial charge in [-0.1, -0.05) is 68.9 Å². The molecule has 1 atom stereocenters. The van der Waals surface area contributed by atoms with Gasteiger partial charge in [0.05, 0.1) is 0 Å². The minimum absolute atomic E-state index is 0.290. The molecule has 0 radical (unpaired) electrons. The first kappa shape index (κ1) is 9.51. The van der Waals surface area contributed by atoms with Crippen molar-refractivity contribution in [3.63, 3.8) is 0 Å². The van der Waals surface area contributed by atoms with E-state index in [1.807, 2.05) is 0 Å². The third-order valence-electron chi connectivity index (χ3n) is 3.01. The first-order valence-electron chi connectivity index (χ1n) is 5.33. The lowest BCUT2D eigenvalue weighted by Crippen LogP contribution is -2.19. The minimum atomic E-state index is 0.290. The number of hydrogen-bond acceptors (Lipinski definition) is 0. The SMILES string of the molecule is CC(C)(C)C1=CC=CC1C1C=CC=C1. The number of rotatable bonds is 1. The zero-order valence-corrected chi connectivity index (χ0v) is 9.20. The van der Waals surface area contributed by atoms with Crippen LogP contribution in [0, 0.1) is 17.3 Å². The molecule has 0 saturated carbocycles. The molecule has 74 valence electrons. The number of allylic oxidation sites excluding steroid dienone is 8. The molecule has 0 aliphatic heterocycles. The third-order valence-corrected chi connectivity index (χ3v) is 3.01. The minimum Gasteiger partial charge on any atom is -0.0767 e. The fourth-order valence-corrected chi connectivity index (χ4v) is 2.27. The van der Waals surface area contributed by atoms with Crippen molar-refractivity contribution >= 4 is 0 Å². The smallest absolute Gasteiger partial charge is 0.00860 e. The molecule has 0 heteroatoms. The van der Waals surface area contributed by atoms with Crippen molar-refractivity contribution in [2.75, 3.05) is 0 Å². The van der Waals surface area contributed by atoms with Crippen LogP contribution in [0.2, 0.25) is 0 Å². The van der Waals surface area contributed by atoms with Crippen molar-refractivity contribution in [3.05, 3.63) is 48.1 Å². The van der Waals surface area contributed by atoms with Gasteiger partial charge in [0.2, 0.25) is 0 Å². The Hall–Kier alpha value is -1.04. The van der Waals surface area contributed by atoms with Crippen molar-refractivity contribution in [1.29, 1.82) is 0 Å². The lowest BCUT2D eigenvalue weighted by Gasteiger charge is -2.28. The molecule has 0 nitrogen and oxygen atoms in total. The van der Waals surface area contributed by atoms with Gasteiger partial charge in [-0.3, -0.25) is 0 Å². The van der Waals surface area contributed by atoms with Crippen LogP contribution in [0.5, 0.6) is 0 Å². The van der Waals surface area contributed by atoms with Gasteiger partial charge in [0.1, 0.15) is 0 Å². The molecule has 0 aromatic rings. The molecule has 2 rings (SSSR count). The maximum Gasteiger partial charge on any atom is 0.00860 e. The van der Waals surface area contributed by atoms with E-state index in [2.05, 4.69) is 63.3 Å². The maximum atomic E-state index is 2.32. The Bertz CT molecular complexity index is 320. The zero-order valence-electron chi connectivity index (χ0n) is 9.20. The average molecular weight is 186 g/mol. The van der Waals surface area contributed by atoms with E-state index >= 15 is 0 Å². The molecule has 0 heterocycles. The van der Waals surface area contributed by atoms with Crippen LogP contribution in [0.1, 0.15) is 20.8 Å². The van der Waals surface area contributed by atoms with Crippen molar-refractivity contribution in [2.45, 2.75) is 20.8 Å². The Labute approximate surface area is 86.7 Å². The summed E-state index contributed by atoms with van der Waals surface area (Å²) in [5.74, 6) is 1.17. The summed E-state index contributed by atoms with van der Waals surface area (Å²) in [6.07, 6.45) is 15.7. The Balaban J connectivity index is 2.21. The zero-order chi connectivity index (χ0) is 10.2. The van der Waals surface area contributed by atoms with Gasteiger partial charge in [-0.25, -0.2) is 0 Å². The van der Waals surface area contributed by atoms with Gasteiger partial charge >= 0.3 is 0 Å². The number of hydrogen-bond donors (Lipinski definition) is 0. The highest BCUT2D eigenvalue weighted by atomic mass is 14.3. The molecule has 1 unspecified atom stereocenters. The van der Waals surface area contributed by atoms with E-state index in [0.717, 1.165) is 0 Å². The Kier molecular flexibility index (Phi) is 2.22. The Morgan fingerprint density at radius 3 is 2.14 bits per heavy atom. The molecule has 0 aromatic carbocycles. The fraction of sp³-hybridized carbons (Fsp3) is 0.429. The van der Waals surface area contributed by atoms with Crippen molar-refractivity contribution in [1.82, 2.24) is 0 Å². The van der Waals surface area contributed by atoms with Gasteiger partial charge in [-0.05, 0) is 5.41 Å². The van der Waals surface area contributed by atoms with Gasteiger partial charge in [0, 0.05) is 11.8 Å². The summed E-state index contributed by atoms with van der Waals surface area (Å²) >= 11 is 0. The van der Waals surface area contributed by atoms with E-state index in [-0.39, 0.29) is 0 Å². The first-order valence-corrected chi connectivity index (χ1v) is 5.33.